The monoisotopic (exact) mass is 270 g/mol. The SMILES string of the molecule is COc1ccc([C@@H]2O[C@H](CO)[C@@H](O)[C@H](O)[C@@H]2O)cc1. The van der Waals surface area contributed by atoms with E-state index in [4.69, 9.17) is 14.6 Å². The second-order valence-corrected chi connectivity index (χ2v) is 4.52. The highest BCUT2D eigenvalue weighted by Gasteiger charge is 2.43. The lowest BCUT2D eigenvalue weighted by Gasteiger charge is -2.40. The molecule has 6 heteroatoms. The summed E-state index contributed by atoms with van der Waals surface area (Å²) in [6.07, 6.45) is -5.66. The molecule has 19 heavy (non-hydrogen) atoms. The molecular formula is C13H18O6. The summed E-state index contributed by atoms with van der Waals surface area (Å²) in [5.41, 5.74) is 0.637. The number of methoxy groups -OCH3 is 1. The number of ether oxygens (including phenoxy) is 2. The van der Waals surface area contributed by atoms with Gasteiger partial charge in [-0.05, 0) is 17.7 Å². The summed E-state index contributed by atoms with van der Waals surface area (Å²) in [6, 6.07) is 6.81. The van der Waals surface area contributed by atoms with Crippen LogP contribution in [-0.2, 0) is 4.74 Å². The van der Waals surface area contributed by atoms with Crippen LogP contribution in [0.4, 0.5) is 0 Å². The van der Waals surface area contributed by atoms with Crippen molar-refractivity contribution >= 4 is 0 Å². The standard InChI is InChI=1S/C13H18O6/c1-18-8-4-2-7(3-5-8)13-12(17)11(16)10(15)9(6-14)19-13/h2-5,9-17H,6H2,1H3/t9-,10-,11+,12+,13+/m1/s1. The maximum Gasteiger partial charge on any atom is 0.118 e. The Morgan fingerprint density at radius 1 is 1.05 bits per heavy atom. The van der Waals surface area contributed by atoms with E-state index in [9.17, 15) is 15.3 Å². The Kier molecular flexibility index (Phi) is 4.38. The van der Waals surface area contributed by atoms with Gasteiger partial charge in [0.2, 0.25) is 0 Å². The van der Waals surface area contributed by atoms with Crippen LogP contribution in [-0.4, -0.2) is 58.6 Å². The van der Waals surface area contributed by atoms with Gasteiger partial charge in [0.05, 0.1) is 13.7 Å². The van der Waals surface area contributed by atoms with E-state index in [2.05, 4.69) is 0 Å². The first-order chi connectivity index (χ1) is 9.08. The van der Waals surface area contributed by atoms with Crippen LogP contribution < -0.4 is 4.74 Å². The van der Waals surface area contributed by atoms with Crippen LogP contribution >= 0.6 is 0 Å². The normalized spacial score (nSPS) is 35.1. The van der Waals surface area contributed by atoms with E-state index in [0.29, 0.717) is 11.3 Å². The molecule has 0 aromatic heterocycles. The molecule has 0 amide bonds. The maximum atomic E-state index is 9.95. The molecule has 1 aromatic rings. The molecule has 5 atom stereocenters. The van der Waals surface area contributed by atoms with E-state index in [0.717, 1.165) is 0 Å². The van der Waals surface area contributed by atoms with Gasteiger partial charge in [-0.25, -0.2) is 0 Å². The van der Waals surface area contributed by atoms with Crippen molar-refractivity contribution in [3.05, 3.63) is 29.8 Å². The van der Waals surface area contributed by atoms with E-state index in [1.165, 1.54) is 0 Å². The Labute approximate surface area is 110 Å². The fourth-order valence-electron chi connectivity index (χ4n) is 2.17. The van der Waals surface area contributed by atoms with Crippen molar-refractivity contribution in [1.29, 1.82) is 0 Å². The highest BCUT2D eigenvalue weighted by molar-refractivity contribution is 5.29. The second-order valence-electron chi connectivity index (χ2n) is 4.52. The van der Waals surface area contributed by atoms with Gasteiger partial charge in [-0.2, -0.15) is 0 Å². The predicted molar refractivity (Wildman–Crippen MR) is 65.7 cm³/mol. The van der Waals surface area contributed by atoms with E-state index in [1.807, 2.05) is 0 Å². The molecule has 0 aliphatic carbocycles. The minimum Gasteiger partial charge on any atom is -0.497 e. The summed E-state index contributed by atoms with van der Waals surface area (Å²) in [7, 11) is 1.54. The van der Waals surface area contributed by atoms with E-state index in [1.54, 1.807) is 31.4 Å². The number of rotatable bonds is 3. The van der Waals surface area contributed by atoms with E-state index >= 15 is 0 Å². The van der Waals surface area contributed by atoms with Crippen LogP contribution in [0, 0.1) is 0 Å². The number of hydrogen-bond donors (Lipinski definition) is 4. The molecule has 0 radical (unpaired) electrons. The minimum atomic E-state index is -1.36. The van der Waals surface area contributed by atoms with Crippen molar-refractivity contribution in [3.63, 3.8) is 0 Å². The first-order valence-electron chi connectivity index (χ1n) is 6.03. The Balaban J connectivity index is 2.21. The second kappa shape index (κ2) is 5.85. The highest BCUT2D eigenvalue weighted by Crippen LogP contribution is 2.32. The van der Waals surface area contributed by atoms with Crippen molar-refractivity contribution in [1.82, 2.24) is 0 Å². The van der Waals surface area contributed by atoms with Crippen LogP contribution in [0.1, 0.15) is 11.7 Å². The smallest absolute Gasteiger partial charge is 0.118 e. The molecule has 1 fully saturated rings. The molecule has 1 aliphatic rings. The van der Waals surface area contributed by atoms with E-state index < -0.39 is 37.1 Å². The van der Waals surface area contributed by atoms with Crippen molar-refractivity contribution in [2.75, 3.05) is 13.7 Å². The summed E-state index contributed by atoms with van der Waals surface area (Å²) in [4.78, 5) is 0. The molecular weight excluding hydrogens is 252 g/mol. The molecule has 1 saturated heterocycles. The molecule has 0 unspecified atom stereocenters. The van der Waals surface area contributed by atoms with Gasteiger partial charge >= 0.3 is 0 Å². The van der Waals surface area contributed by atoms with Crippen molar-refractivity contribution in [2.45, 2.75) is 30.5 Å². The zero-order valence-electron chi connectivity index (χ0n) is 10.5. The molecule has 2 rings (SSSR count). The average molecular weight is 270 g/mol. The van der Waals surface area contributed by atoms with Crippen LogP contribution in [0.5, 0.6) is 5.75 Å². The predicted octanol–water partition coefficient (Wildman–Crippen LogP) is -0.790. The summed E-state index contributed by atoms with van der Waals surface area (Å²) in [6.45, 7) is -0.433. The molecule has 6 nitrogen and oxygen atoms in total. The Bertz CT molecular complexity index is 404. The Hall–Kier alpha value is -1.18. The molecule has 106 valence electrons. The highest BCUT2D eigenvalue weighted by atomic mass is 16.5. The van der Waals surface area contributed by atoms with Crippen LogP contribution in [0.15, 0.2) is 24.3 Å². The zero-order valence-corrected chi connectivity index (χ0v) is 10.5. The number of aliphatic hydroxyl groups excluding tert-OH is 4. The number of hydrogen-bond acceptors (Lipinski definition) is 6. The fraction of sp³-hybridized carbons (Fsp3) is 0.538. The average Bonchev–Trinajstić information content (AvgIpc) is 2.45. The Morgan fingerprint density at radius 3 is 2.21 bits per heavy atom. The molecule has 4 N–H and O–H groups in total. The lowest BCUT2D eigenvalue weighted by atomic mass is 9.91. The zero-order chi connectivity index (χ0) is 14.0. The van der Waals surface area contributed by atoms with Gasteiger partial charge in [0, 0.05) is 0 Å². The quantitative estimate of drug-likeness (QED) is 0.574. The maximum absolute atomic E-state index is 9.95. The first-order valence-corrected chi connectivity index (χ1v) is 6.03. The molecule has 1 aliphatic heterocycles. The lowest BCUT2D eigenvalue weighted by molar-refractivity contribution is -0.231. The van der Waals surface area contributed by atoms with Gasteiger partial charge in [-0.3, -0.25) is 0 Å². The third-order valence-corrected chi connectivity index (χ3v) is 3.34. The third-order valence-electron chi connectivity index (χ3n) is 3.34. The molecule has 1 heterocycles. The lowest BCUT2D eigenvalue weighted by Crippen LogP contribution is -2.55. The number of aliphatic hydroxyl groups is 4. The van der Waals surface area contributed by atoms with Crippen molar-refractivity contribution in [2.24, 2.45) is 0 Å². The third kappa shape index (κ3) is 2.72. The van der Waals surface area contributed by atoms with Gasteiger partial charge in [0.25, 0.3) is 0 Å². The van der Waals surface area contributed by atoms with Gasteiger partial charge in [0.1, 0.15) is 36.3 Å². The van der Waals surface area contributed by atoms with Crippen LogP contribution in [0.25, 0.3) is 0 Å². The topological polar surface area (TPSA) is 99.4 Å². The number of benzene rings is 1. The van der Waals surface area contributed by atoms with Gasteiger partial charge in [-0.1, -0.05) is 12.1 Å². The van der Waals surface area contributed by atoms with Gasteiger partial charge in [-0.15, -0.1) is 0 Å². The molecule has 0 saturated carbocycles. The van der Waals surface area contributed by atoms with E-state index in [-0.39, 0.29) is 0 Å². The largest absolute Gasteiger partial charge is 0.497 e. The molecule has 0 spiro atoms. The van der Waals surface area contributed by atoms with Crippen LogP contribution in [0.2, 0.25) is 0 Å². The van der Waals surface area contributed by atoms with Gasteiger partial charge < -0.3 is 29.9 Å². The summed E-state index contributed by atoms with van der Waals surface area (Å²) in [5.74, 6) is 0.661. The van der Waals surface area contributed by atoms with Crippen LogP contribution in [0.3, 0.4) is 0 Å². The van der Waals surface area contributed by atoms with Gasteiger partial charge in [0.15, 0.2) is 0 Å². The molecule has 0 bridgehead atoms. The Morgan fingerprint density at radius 2 is 1.68 bits per heavy atom. The molecule has 1 aromatic carbocycles. The minimum absolute atomic E-state index is 0.433. The summed E-state index contributed by atoms with van der Waals surface area (Å²) >= 11 is 0. The fourth-order valence-corrected chi connectivity index (χ4v) is 2.17. The van der Waals surface area contributed by atoms with Crippen molar-refractivity contribution < 1.29 is 29.9 Å². The van der Waals surface area contributed by atoms with Crippen molar-refractivity contribution in [3.8, 4) is 5.75 Å². The summed E-state index contributed by atoms with van der Waals surface area (Å²) in [5, 5.41) is 38.5. The first kappa shape index (κ1) is 14.2. The summed E-state index contributed by atoms with van der Waals surface area (Å²) < 4.78 is 10.5.